The first-order valence-corrected chi connectivity index (χ1v) is 11.5. The summed E-state index contributed by atoms with van der Waals surface area (Å²) in [5.41, 5.74) is 1.17. The molecule has 2 unspecified atom stereocenters. The van der Waals surface area contributed by atoms with Crippen molar-refractivity contribution in [1.82, 2.24) is 5.09 Å². The number of allylic oxidation sites excluding steroid dienone is 1. The molecule has 1 aliphatic carbocycles. The highest BCUT2D eigenvalue weighted by molar-refractivity contribution is 7.76. The lowest BCUT2D eigenvalue weighted by molar-refractivity contribution is 0.395. The van der Waals surface area contributed by atoms with Gasteiger partial charge in [-0.15, -0.1) is 6.58 Å². The van der Waals surface area contributed by atoms with Crippen LogP contribution in [-0.4, -0.2) is 0 Å². The van der Waals surface area contributed by atoms with Gasteiger partial charge in [-0.05, 0) is 47.6 Å². The van der Waals surface area contributed by atoms with Crippen LogP contribution in [0.3, 0.4) is 0 Å². The number of nitrogens with one attached hydrogen (secondary N) is 1. The minimum atomic E-state index is -3.02. The van der Waals surface area contributed by atoms with Crippen molar-refractivity contribution in [3.8, 4) is 0 Å². The van der Waals surface area contributed by atoms with E-state index in [9.17, 15) is 4.57 Å². The van der Waals surface area contributed by atoms with Crippen molar-refractivity contribution in [3.05, 3.63) is 109 Å². The van der Waals surface area contributed by atoms with Gasteiger partial charge < -0.3 is 0 Å². The van der Waals surface area contributed by atoms with E-state index in [-0.39, 0.29) is 11.5 Å². The van der Waals surface area contributed by atoms with Gasteiger partial charge in [-0.2, -0.15) is 0 Å². The largest absolute Gasteiger partial charge is 0.297 e. The molecule has 3 aromatic rings. The number of benzene rings is 3. The molecule has 0 saturated heterocycles. The van der Waals surface area contributed by atoms with Gasteiger partial charge in [0, 0.05) is 16.7 Å². The minimum absolute atomic E-state index is 0.00231. The summed E-state index contributed by atoms with van der Waals surface area (Å²) in [6.45, 7) is 6.28. The maximum absolute atomic E-state index is 14.5. The van der Waals surface area contributed by atoms with E-state index >= 15 is 0 Å². The van der Waals surface area contributed by atoms with Gasteiger partial charge in [-0.25, -0.2) is 0 Å². The quantitative estimate of drug-likeness (QED) is 0.431. The van der Waals surface area contributed by atoms with Crippen LogP contribution in [0.4, 0.5) is 0 Å². The third-order valence-electron chi connectivity index (χ3n) is 5.97. The van der Waals surface area contributed by atoms with E-state index in [0.717, 1.165) is 17.0 Å². The summed E-state index contributed by atoms with van der Waals surface area (Å²) < 4.78 is 14.5. The molecule has 0 heterocycles. The number of rotatable bonds is 7. The fraction of sp³-hybridized carbons (Fsp3) is 0.200. The first-order valence-electron chi connectivity index (χ1n) is 9.74. The lowest BCUT2D eigenvalue weighted by Gasteiger charge is -2.32. The highest BCUT2D eigenvalue weighted by atomic mass is 31.2. The van der Waals surface area contributed by atoms with Crippen molar-refractivity contribution in [2.75, 3.05) is 0 Å². The number of hydrogen-bond donors (Lipinski definition) is 1. The molecule has 2 nitrogen and oxygen atoms in total. The van der Waals surface area contributed by atoms with E-state index in [1.165, 1.54) is 5.56 Å². The Bertz CT molecular complexity index is 943. The van der Waals surface area contributed by atoms with E-state index in [1.807, 2.05) is 72.8 Å². The summed E-state index contributed by atoms with van der Waals surface area (Å²) >= 11 is 0. The second kappa shape index (κ2) is 7.54. The molecule has 4 rings (SSSR count). The first-order chi connectivity index (χ1) is 13.6. The van der Waals surface area contributed by atoms with Gasteiger partial charge in [0.2, 0.25) is 7.29 Å². The maximum atomic E-state index is 14.5. The zero-order valence-corrected chi connectivity index (χ0v) is 17.1. The fourth-order valence-electron chi connectivity index (χ4n) is 4.10. The predicted molar refractivity (Wildman–Crippen MR) is 118 cm³/mol. The molecule has 1 N–H and O–H groups in total. The van der Waals surface area contributed by atoms with E-state index in [1.54, 1.807) is 0 Å². The van der Waals surface area contributed by atoms with Gasteiger partial charge >= 0.3 is 0 Å². The van der Waals surface area contributed by atoms with Crippen molar-refractivity contribution in [1.29, 1.82) is 0 Å². The fourth-order valence-corrected chi connectivity index (χ4v) is 6.69. The topological polar surface area (TPSA) is 29.1 Å². The van der Waals surface area contributed by atoms with Gasteiger partial charge in [0.15, 0.2) is 0 Å². The summed E-state index contributed by atoms with van der Waals surface area (Å²) in [4.78, 5) is 0. The van der Waals surface area contributed by atoms with Crippen LogP contribution in [0, 0.1) is 11.3 Å². The summed E-state index contributed by atoms with van der Waals surface area (Å²) in [7, 11) is -3.02. The van der Waals surface area contributed by atoms with Crippen LogP contribution in [0.1, 0.15) is 24.9 Å². The summed E-state index contributed by atoms with van der Waals surface area (Å²) in [6.07, 6.45) is 3.08. The van der Waals surface area contributed by atoms with Gasteiger partial charge in [0.05, 0.1) is 0 Å². The highest BCUT2D eigenvalue weighted by Gasteiger charge is 2.55. The Morgan fingerprint density at radius 1 is 0.929 bits per heavy atom. The summed E-state index contributed by atoms with van der Waals surface area (Å²) in [6, 6.07) is 29.9. The standard InChI is InChI=1S/C25H26NOP/c1-3-21-19-25(21,2)24(20-13-7-4-8-14-20)26-28(27,22-15-9-5-10-16-22)23-17-11-6-12-18-23/h3-18,21,24H,1,19H2,2H3,(H,26,27)/t21?,24?,25-/m1/s1. The Kier molecular flexibility index (Phi) is 5.10. The van der Waals surface area contributed by atoms with Gasteiger partial charge in [-0.1, -0.05) is 79.7 Å². The molecular formula is C25H26NOP. The molecule has 1 fully saturated rings. The molecular weight excluding hydrogens is 361 g/mol. The van der Waals surface area contributed by atoms with Crippen LogP contribution in [0.15, 0.2) is 104 Å². The van der Waals surface area contributed by atoms with E-state index in [0.29, 0.717) is 5.92 Å². The normalized spacial score (nSPS) is 22.4. The lowest BCUT2D eigenvalue weighted by Crippen LogP contribution is -2.34. The van der Waals surface area contributed by atoms with Gasteiger partial charge in [-0.3, -0.25) is 9.65 Å². The summed E-state index contributed by atoms with van der Waals surface area (Å²) in [5, 5.41) is 5.32. The Hall–Kier alpha value is -2.41. The molecule has 28 heavy (non-hydrogen) atoms. The molecule has 142 valence electrons. The zero-order valence-electron chi connectivity index (χ0n) is 16.2. The Morgan fingerprint density at radius 3 is 1.82 bits per heavy atom. The monoisotopic (exact) mass is 387 g/mol. The van der Waals surface area contributed by atoms with Crippen molar-refractivity contribution in [2.45, 2.75) is 19.4 Å². The Balaban J connectivity index is 1.82. The third kappa shape index (κ3) is 3.39. The predicted octanol–water partition coefficient (Wildman–Crippen LogP) is 5.46. The molecule has 0 radical (unpaired) electrons. The van der Waals surface area contributed by atoms with Crippen LogP contribution in [-0.2, 0) is 4.57 Å². The molecule has 0 aliphatic heterocycles. The SMILES string of the molecule is C=CC1C[C@@]1(C)C(NP(=O)(c1ccccc1)c1ccccc1)c1ccccc1. The van der Waals surface area contributed by atoms with Crippen LogP contribution in [0.2, 0.25) is 0 Å². The van der Waals surface area contributed by atoms with Gasteiger partial charge in [0.1, 0.15) is 0 Å². The van der Waals surface area contributed by atoms with Crippen LogP contribution < -0.4 is 15.7 Å². The Labute approximate surface area is 167 Å². The lowest BCUT2D eigenvalue weighted by atomic mass is 9.90. The van der Waals surface area contributed by atoms with Crippen molar-refractivity contribution >= 4 is 17.9 Å². The van der Waals surface area contributed by atoms with E-state index < -0.39 is 7.29 Å². The van der Waals surface area contributed by atoms with Crippen LogP contribution >= 0.6 is 7.29 Å². The molecule has 3 aromatic carbocycles. The Morgan fingerprint density at radius 2 is 1.39 bits per heavy atom. The second-order valence-electron chi connectivity index (χ2n) is 7.81. The average Bonchev–Trinajstić information content (AvgIpc) is 3.45. The second-order valence-corrected chi connectivity index (χ2v) is 10.3. The molecule has 3 heteroatoms. The van der Waals surface area contributed by atoms with Crippen LogP contribution in [0.25, 0.3) is 0 Å². The first kappa shape index (κ1) is 18.9. The van der Waals surface area contributed by atoms with E-state index in [4.69, 9.17) is 0 Å². The molecule has 3 atom stereocenters. The zero-order chi connectivity index (χ0) is 19.6. The average molecular weight is 387 g/mol. The van der Waals surface area contributed by atoms with E-state index in [2.05, 4.69) is 42.9 Å². The third-order valence-corrected chi connectivity index (χ3v) is 8.65. The van der Waals surface area contributed by atoms with Gasteiger partial charge in [0.25, 0.3) is 0 Å². The molecule has 0 spiro atoms. The molecule has 0 bridgehead atoms. The van der Waals surface area contributed by atoms with Crippen LogP contribution in [0.5, 0.6) is 0 Å². The summed E-state index contributed by atoms with van der Waals surface area (Å²) in [5.74, 6) is 0.421. The molecule has 1 saturated carbocycles. The smallest absolute Gasteiger partial charge is 0.205 e. The van der Waals surface area contributed by atoms with Crippen molar-refractivity contribution < 1.29 is 4.57 Å². The highest BCUT2D eigenvalue weighted by Crippen LogP contribution is 2.62. The molecule has 0 aromatic heterocycles. The number of hydrogen-bond acceptors (Lipinski definition) is 1. The molecule has 0 amide bonds. The maximum Gasteiger partial charge on any atom is 0.205 e. The molecule has 1 aliphatic rings. The van der Waals surface area contributed by atoms with Crippen molar-refractivity contribution in [2.24, 2.45) is 11.3 Å². The minimum Gasteiger partial charge on any atom is -0.297 e. The van der Waals surface area contributed by atoms with Crippen molar-refractivity contribution in [3.63, 3.8) is 0 Å².